The summed E-state index contributed by atoms with van der Waals surface area (Å²) in [6.07, 6.45) is 1.62. The molecule has 0 fully saturated rings. The van der Waals surface area contributed by atoms with Gasteiger partial charge in [-0.1, -0.05) is 0 Å². The summed E-state index contributed by atoms with van der Waals surface area (Å²) in [6.45, 7) is 0. The fraction of sp³-hybridized carbons (Fsp3) is 0.200. The van der Waals surface area contributed by atoms with Gasteiger partial charge in [0.05, 0.1) is 24.6 Å². The minimum atomic E-state index is -0.875. The Morgan fingerprint density at radius 1 is 1.60 bits per heavy atom. The average molecular weight is 206 g/mol. The summed E-state index contributed by atoms with van der Waals surface area (Å²) in [5.74, 6) is -0.394. The Hall–Kier alpha value is -2.04. The highest BCUT2D eigenvalue weighted by Gasteiger charge is 2.09. The molecule has 0 spiro atoms. The molecule has 0 aliphatic rings. The molecule has 0 bridgehead atoms. The number of aliphatic carboxylic acids is 1. The van der Waals surface area contributed by atoms with Gasteiger partial charge in [0.1, 0.15) is 0 Å². The lowest BCUT2D eigenvalue weighted by Crippen LogP contribution is -1.99. The van der Waals surface area contributed by atoms with E-state index >= 15 is 0 Å². The van der Waals surface area contributed by atoms with Crippen LogP contribution >= 0.6 is 0 Å². The molecular formula is C10H10N2O3. The summed E-state index contributed by atoms with van der Waals surface area (Å²) >= 11 is 0. The third-order valence-corrected chi connectivity index (χ3v) is 2.13. The quantitative estimate of drug-likeness (QED) is 0.791. The van der Waals surface area contributed by atoms with Crippen LogP contribution in [0.1, 0.15) is 5.56 Å². The minimum absolute atomic E-state index is 0.0415. The molecule has 15 heavy (non-hydrogen) atoms. The van der Waals surface area contributed by atoms with Gasteiger partial charge in [-0.05, 0) is 6.07 Å². The Balaban J connectivity index is 2.51. The van der Waals surface area contributed by atoms with E-state index in [9.17, 15) is 4.79 Å². The number of nitrogens with zero attached hydrogens (tertiary/aromatic N) is 1. The van der Waals surface area contributed by atoms with Gasteiger partial charge in [0.15, 0.2) is 0 Å². The second kappa shape index (κ2) is 3.61. The van der Waals surface area contributed by atoms with Crippen molar-refractivity contribution < 1.29 is 14.6 Å². The van der Waals surface area contributed by atoms with E-state index in [2.05, 4.69) is 9.97 Å². The standard InChI is InChI=1S/C10H10N2O3/c1-15-8-3-2-7-10(12-8)6(5-11-7)4-9(13)14/h2-3,5,11H,4H2,1H3,(H,13,14). The lowest BCUT2D eigenvalue weighted by molar-refractivity contribution is -0.136. The van der Waals surface area contributed by atoms with Crippen molar-refractivity contribution in [1.29, 1.82) is 0 Å². The van der Waals surface area contributed by atoms with E-state index in [0.717, 1.165) is 5.52 Å². The van der Waals surface area contributed by atoms with Crippen LogP contribution in [0.4, 0.5) is 0 Å². The number of aromatic nitrogens is 2. The molecule has 0 unspecified atom stereocenters. The number of hydrogen-bond donors (Lipinski definition) is 2. The molecule has 5 heteroatoms. The molecule has 2 aromatic rings. The van der Waals surface area contributed by atoms with Gasteiger partial charge in [0, 0.05) is 17.8 Å². The van der Waals surface area contributed by atoms with Crippen molar-refractivity contribution in [2.45, 2.75) is 6.42 Å². The molecule has 0 amide bonds. The third kappa shape index (κ3) is 1.76. The second-order valence-corrected chi connectivity index (χ2v) is 3.13. The highest BCUT2D eigenvalue weighted by molar-refractivity contribution is 5.84. The number of pyridine rings is 1. The topological polar surface area (TPSA) is 75.2 Å². The third-order valence-electron chi connectivity index (χ3n) is 2.13. The predicted octanol–water partition coefficient (Wildman–Crippen LogP) is 1.20. The van der Waals surface area contributed by atoms with Crippen molar-refractivity contribution in [3.63, 3.8) is 0 Å². The van der Waals surface area contributed by atoms with Gasteiger partial charge in [0.2, 0.25) is 5.88 Å². The van der Waals surface area contributed by atoms with Crippen LogP contribution in [-0.2, 0) is 11.2 Å². The molecule has 2 rings (SSSR count). The Labute approximate surface area is 85.7 Å². The largest absolute Gasteiger partial charge is 0.481 e. The zero-order valence-corrected chi connectivity index (χ0v) is 8.15. The molecule has 0 saturated carbocycles. The summed E-state index contributed by atoms with van der Waals surface area (Å²) in [4.78, 5) is 17.7. The Kier molecular flexibility index (Phi) is 2.29. The zero-order chi connectivity index (χ0) is 10.8. The van der Waals surface area contributed by atoms with E-state index in [1.54, 1.807) is 12.3 Å². The maximum atomic E-state index is 10.6. The number of carboxylic acid groups (broad SMARTS) is 1. The SMILES string of the molecule is COc1ccc2[nH]cc(CC(=O)O)c2n1. The predicted molar refractivity (Wildman–Crippen MR) is 54.0 cm³/mol. The Morgan fingerprint density at radius 3 is 3.07 bits per heavy atom. The lowest BCUT2D eigenvalue weighted by Gasteiger charge is -1.98. The van der Waals surface area contributed by atoms with E-state index < -0.39 is 5.97 Å². The normalized spacial score (nSPS) is 10.5. The number of H-pyrrole nitrogens is 1. The molecule has 0 atom stereocenters. The lowest BCUT2D eigenvalue weighted by atomic mass is 10.2. The van der Waals surface area contributed by atoms with E-state index in [-0.39, 0.29) is 6.42 Å². The Morgan fingerprint density at radius 2 is 2.40 bits per heavy atom. The van der Waals surface area contributed by atoms with Crippen LogP contribution in [0.3, 0.4) is 0 Å². The molecule has 2 heterocycles. The maximum Gasteiger partial charge on any atom is 0.307 e. The van der Waals surface area contributed by atoms with Gasteiger partial charge in [0.25, 0.3) is 0 Å². The van der Waals surface area contributed by atoms with Crippen molar-refractivity contribution >= 4 is 17.0 Å². The summed E-state index contributed by atoms with van der Waals surface area (Å²) < 4.78 is 4.98. The van der Waals surface area contributed by atoms with Crippen molar-refractivity contribution in [2.75, 3.05) is 7.11 Å². The van der Waals surface area contributed by atoms with Crippen LogP contribution in [0.2, 0.25) is 0 Å². The van der Waals surface area contributed by atoms with Gasteiger partial charge in [-0.15, -0.1) is 0 Å². The number of carboxylic acids is 1. The van der Waals surface area contributed by atoms with Crippen molar-refractivity contribution in [3.8, 4) is 5.88 Å². The smallest absolute Gasteiger partial charge is 0.307 e. The highest BCUT2D eigenvalue weighted by Crippen LogP contribution is 2.19. The zero-order valence-electron chi connectivity index (χ0n) is 8.15. The first-order valence-corrected chi connectivity index (χ1v) is 4.43. The van der Waals surface area contributed by atoms with Crippen LogP contribution in [-0.4, -0.2) is 28.2 Å². The molecule has 0 aliphatic carbocycles. The molecule has 0 aromatic carbocycles. The van der Waals surface area contributed by atoms with Crippen LogP contribution in [0.15, 0.2) is 18.3 Å². The summed E-state index contributed by atoms with van der Waals surface area (Å²) in [6, 6.07) is 3.54. The first kappa shape index (κ1) is 9.51. The number of fused-ring (bicyclic) bond motifs is 1. The summed E-state index contributed by atoms with van der Waals surface area (Å²) in [5, 5.41) is 8.70. The molecule has 78 valence electrons. The van der Waals surface area contributed by atoms with Crippen LogP contribution in [0, 0.1) is 0 Å². The maximum absolute atomic E-state index is 10.6. The van der Waals surface area contributed by atoms with Gasteiger partial charge < -0.3 is 14.8 Å². The van der Waals surface area contributed by atoms with Gasteiger partial charge in [-0.3, -0.25) is 4.79 Å². The number of nitrogens with one attached hydrogen (secondary N) is 1. The van der Waals surface area contributed by atoms with Crippen LogP contribution < -0.4 is 4.74 Å². The number of ether oxygens (including phenoxy) is 1. The summed E-state index contributed by atoms with van der Waals surface area (Å²) in [5.41, 5.74) is 2.13. The highest BCUT2D eigenvalue weighted by atomic mass is 16.5. The minimum Gasteiger partial charge on any atom is -0.481 e. The second-order valence-electron chi connectivity index (χ2n) is 3.13. The monoisotopic (exact) mass is 206 g/mol. The average Bonchev–Trinajstić information content (AvgIpc) is 2.60. The van der Waals surface area contributed by atoms with Crippen molar-refractivity contribution in [3.05, 3.63) is 23.9 Å². The van der Waals surface area contributed by atoms with Gasteiger partial charge in [-0.2, -0.15) is 0 Å². The molecule has 0 aliphatic heterocycles. The summed E-state index contributed by atoms with van der Waals surface area (Å²) in [7, 11) is 1.53. The number of hydrogen-bond acceptors (Lipinski definition) is 3. The van der Waals surface area contributed by atoms with E-state index in [1.807, 2.05) is 6.07 Å². The van der Waals surface area contributed by atoms with Gasteiger partial charge >= 0.3 is 5.97 Å². The molecule has 2 N–H and O–H groups in total. The number of carbonyl (C=O) groups is 1. The molecule has 0 saturated heterocycles. The Bertz CT molecular complexity index is 504. The molecular weight excluding hydrogens is 196 g/mol. The van der Waals surface area contributed by atoms with Crippen LogP contribution in [0.25, 0.3) is 11.0 Å². The number of aromatic amines is 1. The van der Waals surface area contributed by atoms with E-state index in [0.29, 0.717) is 17.0 Å². The fourth-order valence-corrected chi connectivity index (χ4v) is 1.45. The first-order chi connectivity index (χ1) is 7.20. The van der Waals surface area contributed by atoms with Crippen LogP contribution in [0.5, 0.6) is 5.88 Å². The number of rotatable bonds is 3. The first-order valence-electron chi connectivity index (χ1n) is 4.43. The molecule has 5 nitrogen and oxygen atoms in total. The van der Waals surface area contributed by atoms with Crippen molar-refractivity contribution in [1.82, 2.24) is 9.97 Å². The fourth-order valence-electron chi connectivity index (χ4n) is 1.45. The van der Waals surface area contributed by atoms with Crippen molar-refractivity contribution in [2.24, 2.45) is 0 Å². The van der Waals surface area contributed by atoms with Gasteiger partial charge in [-0.25, -0.2) is 4.98 Å². The molecule has 0 radical (unpaired) electrons. The molecule has 2 aromatic heterocycles. The van der Waals surface area contributed by atoms with E-state index in [1.165, 1.54) is 7.11 Å². The number of methoxy groups -OCH3 is 1. The van der Waals surface area contributed by atoms with E-state index in [4.69, 9.17) is 9.84 Å².